The van der Waals surface area contributed by atoms with Gasteiger partial charge in [-0.25, -0.2) is 14.2 Å². The van der Waals surface area contributed by atoms with E-state index < -0.39 is 5.67 Å². The van der Waals surface area contributed by atoms with Crippen LogP contribution in [0.1, 0.15) is 107 Å². The van der Waals surface area contributed by atoms with Gasteiger partial charge in [0, 0.05) is 11.6 Å². The molecule has 1 aliphatic heterocycles. The number of alkyl halides is 1. The second kappa shape index (κ2) is 17.0. The van der Waals surface area contributed by atoms with Gasteiger partial charge in [0.1, 0.15) is 24.3 Å². The lowest BCUT2D eigenvalue weighted by molar-refractivity contribution is -0.307. The third-order valence-corrected chi connectivity index (χ3v) is 8.16. The molecule has 0 aromatic carbocycles. The largest absolute Gasteiger partial charge is 0.493 e. The van der Waals surface area contributed by atoms with Gasteiger partial charge >= 0.3 is 0 Å². The number of allylic oxidation sites excluding steroid dienone is 10. The quantitative estimate of drug-likeness (QED) is 0.116. The highest BCUT2D eigenvalue weighted by Gasteiger charge is 2.28. The number of ether oxygens (including phenoxy) is 1. The molecule has 41 heavy (non-hydrogen) atoms. The zero-order valence-electron chi connectivity index (χ0n) is 27.3. The van der Waals surface area contributed by atoms with Crippen LogP contribution in [0, 0.1) is 5.92 Å². The summed E-state index contributed by atoms with van der Waals surface area (Å²) in [5.41, 5.74) is 7.86. The molecule has 1 fully saturated rings. The van der Waals surface area contributed by atoms with E-state index in [1.165, 1.54) is 41.4 Å². The zero-order chi connectivity index (χ0) is 30.6. The Balaban J connectivity index is 0.000000553. The fraction of sp³-hybridized carbons (Fsp3) is 0.611. The first kappa shape index (κ1) is 35.0. The topological polar surface area (TPSA) is 39.7 Å². The van der Waals surface area contributed by atoms with Gasteiger partial charge in [0.2, 0.25) is 0 Å². The summed E-state index contributed by atoms with van der Waals surface area (Å²) in [6.07, 6.45) is 18.7. The van der Waals surface area contributed by atoms with E-state index in [1.54, 1.807) is 0 Å². The summed E-state index contributed by atoms with van der Waals surface area (Å²) in [5.74, 6) is 1.44. The van der Waals surface area contributed by atoms with Gasteiger partial charge in [-0.2, -0.15) is 0 Å². The van der Waals surface area contributed by atoms with Gasteiger partial charge in [-0.3, -0.25) is 5.32 Å². The van der Waals surface area contributed by atoms with Crippen molar-refractivity contribution in [3.05, 3.63) is 81.7 Å². The van der Waals surface area contributed by atoms with Crippen LogP contribution in [0.15, 0.2) is 81.7 Å². The summed E-state index contributed by atoms with van der Waals surface area (Å²) in [6.45, 7) is 21.9. The van der Waals surface area contributed by atoms with E-state index in [-0.39, 0.29) is 12.3 Å². The van der Waals surface area contributed by atoms with E-state index in [2.05, 4.69) is 76.9 Å². The Hall–Kier alpha value is -2.21. The van der Waals surface area contributed by atoms with E-state index in [1.807, 2.05) is 20.8 Å². The lowest BCUT2D eigenvalue weighted by Crippen LogP contribution is -2.37. The Kier molecular flexibility index (Phi) is 14.5. The van der Waals surface area contributed by atoms with Crippen LogP contribution in [0.25, 0.3) is 0 Å². The van der Waals surface area contributed by atoms with Crippen molar-refractivity contribution < 1.29 is 18.9 Å². The van der Waals surface area contributed by atoms with E-state index in [0.717, 1.165) is 55.4 Å². The summed E-state index contributed by atoms with van der Waals surface area (Å²) >= 11 is 0. The summed E-state index contributed by atoms with van der Waals surface area (Å²) < 4.78 is 19.1. The lowest BCUT2D eigenvalue weighted by atomic mass is 9.85. The van der Waals surface area contributed by atoms with Crippen molar-refractivity contribution in [1.82, 2.24) is 5.32 Å². The summed E-state index contributed by atoms with van der Waals surface area (Å²) in [4.78, 5) is 9.87. The van der Waals surface area contributed by atoms with Gasteiger partial charge in [-0.1, -0.05) is 82.6 Å². The van der Waals surface area contributed by atoms with Gasteiger partial charge in [0.15, 0.2) is 0 Å². The molecule has 0 bridgehead atoms. The molecule has 0 radical (unpaired) electrons. The van der Waals surface area contributed by atoms with Crippen molar-refractivity contribution in [3.63, 3.8) is 0 Å². The highest BCUT2D eigenvalue weighted by Crippen LogP contribution is 2.34. The molecule has 4 nitrogen and oxygen atoms in total. The van der Waals surface area contributed by atoms with E-state index >= 15 is 0 Å². The van der Waals surface area contributed by atoms with Crippen LogP contribution in [0.3, 0.4) is 0 Å². The smallest absolute Gasteiger partial charge is 0.141 e. The predicted octanol–water partition coefficient (Wildman–Crippen LogP) is 9.94. The molecule has 2 aliphatic carbocycles. The highest BCUT2D eigenvalue weighted by atomic mass is 19.1. The van der Waals surface area contributed by atoms with Crippen LogP contribution in [0.2, 0.25) is 0 Å². The maximum atomic E-state index is 13.3. The van der Waals surface area contributed by atoms with Crippen LogP contribution in [-0.4, -0.2) is 31.7 Å². The first-order chi connectivity index (χ1) is 19.4. The van der Waals surface area contributed by atoms with Crippen molar-refractivity contribution in [3.8, 4) is 0 Å². The number of rotatable bonds is 11. The van der Waals surface area contributed by atoms with Crippen molar-refractivity contribution in [1.29, 1.82) is 0 Å². The van der Waals surface area contributed by atoms with Gasteiger partial charge in [0.05, 0.1) is 7.11 Å². The molecule has 0 saturated heterocycles. The molecule has 2 unspecified atom stereocenters. The Morgan fingerprint density at radius 1 is 1.20 bits per heavy atom. The van der Waals surface area contributed by atoms with Gasteiger partial charge < -0.3 is 4.74 Å². The molecule has 0 amide bonds. The maximum absolute atomic E-state index is 13.3. The lowest BCUT2D eigenvalue weighted by Gasteiger charge is -2.27. The molecule has 0 spiro atoms. The number of halogens is 1. The van der Waals surface area contributed by atoms with Crippen LogP contribution in [0.5, 0.6) is 0 Å². The minimum Gasteiger partial charge on any atom is -0.493 e. The molecule has 1 N–H and O–H groups in total. The molecule has 0 aromatic heterocycles. The van der Waals surface area contributed by atoms with Crippen LogP contribution >= 0.6 is 0 Å². The summed E-state index contributed by atoms with van der Waals surface area (Å²) in [6, 6.07) is 0.236. The Labute approximate surface area is 250 Å². The Bertz CT molecular complexity index is 1070. The molecule has 3 aliphatic rings. The fourth-order valence-electron chi connectivity index (χ4n) is 5.72. The summed E-state index contributed by atoms with van der Waals surface area (Å²) in [7, 11) is 1.53. The zero-order valence-corrected chi connectivity index (χ0v) is 27.3. The number of hydrogen-bond acceptors (Lipinski definition) is 4. The molecule has 1 saturated carbocycles. The normalized spacial score (nSPS) is 22.2. The third-order valence-electron chi connectivity index (χ3n) is 8.16. The predicted molar refractivity (Wildman–Crippen MR) is 171 cm³/mol. The number of hydrogen-bond donors (Lipinski definition) is 1. The molecule has 5 heteroatoms. The van der Waals surface area contributed by atoms with Gasteiger partial charge in [-0.15, -0.1) is 0 Å². The SMILES string of the molecule is C=C(/C=C(/C)C/C(=C\C(C)C)C1=CCC(NC(C)OOC)C=C1)C1=C(C)OCC(C)=C1C.CCC1(F)CCCCC1. The van der Waals surface area contributed by atoms with Crippen LogP contribution in [0.4, 0.5) is 4.39 Å². The monoisotopic (exact) mass is 569 g/mol. The summed E-state index contributed by atoms with van der Waals surface area (Å²) in [5, 5.41) is 3.39. The molecular weight excluding hydrogens is 513 g/mol. The Morgan fingerprint density at radius 2 is 1.88 bits per heavy atom. The molecular formula is C36H56FNO3. The molecule has 2 atom stereocenters. The highest BCUT2D eigenvalue weighted by molar-refractivity contribution is 5.55. The second-order valence-corrected chi connectivity index (χ2v) is 12.3. The minimum absolute atomic E-state index is 0.158. The van der Waals surface area contributed by atoms with Crippen molar-refractivity contribution >= 4 is 0 Å². The average Bonchev–Trinajstić information content (AvgIpc) is 2.92. The Morgan fingerprint density at radius 3 is 2.41 bits per heavy atom. The van der Waals surface area contributed by atoms with Crippen molar-refractivity contribution in [2.24, 2.45) is 5.92 Å². The fourth-order valence-corrected chi connectivity index (χ4v) is 5.72. The first-order valence-corrected chi connectivity index (χ1v) is 15.5. The molecule has 230 valence electrons. The van der Waals surface area contributed by atoms with Gasteiger partial charge in [-0.05, 0) is 101 Å². The minimum atomic E-state index is -0.780. The van der Waals surface area contributed by atoms with Gasteiger partial charge in [0.25, 0.3) is 0 Å². The average molecular weight is 570 g/mol. The first-order valence-electron chi connectivity index (χ1n) is 15.5. The molecule has 3 rings (SSSR count). The van der Waals surface area contributed by atoms with Crippen LogP contribution in [-0.2, 0) is 14.5 Å². The van der Waals surface area contributed by atoms with E-state index in [9.17, 15) is 4.39 Å². The maximum Gasteiger partial charge on any atom is 0.141 e. The third kappa shape index (κ3) is 11.5. The molecule has 1 heterocycles. The molecule has 0 aromatic rings. The van der Waals surface area contributed by atoms with Crippen LogP contribution < -0.4 is 5.32 Å². The standard InChI is InChI=1S/C28H41NO3.C8H15F/c1-18(2)14-26(25-10-12-27(13-11-25)29-24(8)32-30-9)16-19(3)15-20(4)28-22(6)21(5)17-31-23(28)7;1-2-8(9)6-4-3-5-7-8/h10-12,14-15,18,24,27,29H,4,13,16-17H2,1-3,5-9H3;2-7H2,1H3/b19-15-,26-14+;. The van der Waals surface area contributed by atoms with Crippen molar-refractivity contribution in [2.45, 2.75) is 125 Å². The van der Waals surface area contributed by atoms with E-state index in [0.29, 0.717) is 18.9 Å². The van der Waals surface area contributed by atoms with E-state index in [4.69, 9.17) is 14.5 Å². The second-order valence-electron chi connectivity index (χ2n) is 12.3. The number of nitrogens with one attached hydrogen (secondary N) is 1. The van der Waals surface area contributed by atoms with Crippen molar-refractivity contribution in [2.75, 3.05) is 13.7 Å².